The number of fused-ring (bicyclic) bond motifs is 3. The second-order valence-corrected chi connectivity index (χ2v) is 8.69. The van der Waals surface area contributed by atoms with E-state index in [-0.39, 0.29) is 11.7 Å². The second-order valence-electron chi connectivity index (χ2n) is 6.67. The van der Waals surface area contributed by atoms with Crippen LogP contribution >= 0.6 is 27.3 Å². The van der Waals surface area contributed by atoms with Crippen LogP contribution in [0.15, 0.2) is 16.6 Å². The molecule has 0 aliphatic carbocycles. The zero-order valence-corrected chi connectivity index (χ0v) is 17.0. The van der Waals surface area contributed by atoms with Gasteiger partial charge < -0.3 is 25.4 Å². The van der Waals surface area contributed by atoms with Crippen molar-refractivity contribution in [2.75, 3.05) is 25.5 Å². The number of aromatic hydroxyl groups is 1. The van der Waals surface area contributed by atoms with Crippen LogP contribution in [0.25, 0.3) is 0 Å². The molecular formula is C18H21BrN3O3S+. The molecule has 26 heavy (non-hydrogen) atoms. The van der Waals surface area contributed by atoms with E-state index in [0.717, 1.165) is 34.5 Å². The molecular weight excluding hydrogens is 418 g/mol. The summed E-state index contributed by atoms with van der Waals surface area (Å²) in [6.07, 6.45) is 0.417. The number of anilines is 1. The lowest BCUT2D eigenvalue weighted by Crippen LogP contribution is -3.08. The number of likely N-dealkylation sites (N-methyl/N-ethyl adjacent to an activating group) is 1. The Hall–Kier alpha value is -1.77. The van der Waals surface area contributed by atoms with Gasteiger partial charge in [0.25, 0.3) is 5.91 Å². The predicted octanol–water partition coefficient (Wildman–Crippen LogP) is 2.04. The highest BCUT2D eigenvalue weighted by Gasteiger charge is 2.35. The van der Waals surface area contributed by atoms with E-state index in [9.17, 15) is 9.90 Å². The van der Waals surface area contributed by atoms with Crippen LogP contribution in [0.3, 0.4) is 0 Å². The average molecular weight is 439 g/mol. The highest BCUT2D eigenvalue weighted by molar-refractivity contribution is 9.10. The van der Waals surface area contributed by atoms with E-state index in [1.54, 1.807) is 23.5 Å². The fraction of sp³-hybridized carbons (Fsp3) is 0.389. The quantitative estimate of drug-likeness (QED) is 0.591. The summed E-state index contributed by atoms with van der Waals surface area (Å²) in [5, 5.41) is 17.9. The topological polar surface area (TPSA) is 75.0 Å². The molecule has 1 aromatic carbocycles. The van der Waals surface area contributed by atoms with Gasteiger partial charge in [-0.25, -0.2) is 0 Å². The second kappa shape index (κ2) is 6.75. The number of benzene rings is 1. The van der Waals surface area contributed by atoms with E-state index in [1.807, 2.05) is 6.92 Å². The number of ether oxygens (including phenoxy) is 1. The first-order chi connectivity index (χ1) is 12.5. The van der Waals surface area contributed by atoms with Gasteiger partial charge in [-0.15, -0.1) is 11.3 Å². The van der Waals surface area contributed by atoms with Crippen molar-refractivity contribution in [3.63, 3.8) is 0 Å². The lowest BCUT2D eigenvalue weighted by atomic mass is 10.0. The Labute approximate surface area is 164 Å². The normalized spacial score (nSPS) is 21.4. The van der Waals surface area contributed by atoms with Gasteiger partial charge in [-0.2, -0.15) is 0 Å². The molecule has 0 saturated heterocycles. The highest BCUT2D eigenvalue weighted by atomic mass is 79.9. The number of thiophene rings is 1. The van der Waals surface area contributed by atoms with Gasteiger partial charge in [-0.1, -0.05) is 15.9 Å². The number of carbonyl (C=O) groups excluding carboxylic acids is 1. The van der Waals surface area contributed by atoms with Gasteiger partial charge in [0, 0.05) is 16.5 Å². The number of hydrogen-bond donors (Lipinski definition) is 4. The SMILES string of the molecule is CCOc1cc(Br)cc([C@H]2NC(=O)c3c(sc4c3CC[NH+](C)C4)N2)c1O. The fourth-order valence-corrected chi connectivity index (χ4v) is 5.41. The van der Waals surface area contributed by atoms with Crippen LogP contribution in [0.1, 0.15) is 39.5 Å². The molecule has 6 nitrogen and oxygen atoms in total. The van der Waals surface area contributed by atoms with Crippen LogP contribution < -0.4 is 20.3 Å². The van der Waals surface area contributed by atoms with E-state index < -0.39 is 6.17 Å². The molecule has 2 atom stereocenters. The number of nitrogens with one attached hydrogen (secondary N) is 3. The molecule has 4 N–H and O–H groups in total. The minimum Gasteiger partial charge on any atom is -0.504 e. The number of phenols is 1. The van der Waals surface area contributed by atoms with Crippen LogP contribution in [0, 0.1) is 0 Å². The summed E-state index contributed by atoms with van der Waals surface area (Å²) in [4.78, 5) is 15.5. The fourth-order valence-electron chi connectivity index (χ4n) is 3.57. The molecule has 1 amide bonds. The van der Waals surface area contributed by atoms with E-state index in [0.29, 0.717) is 17.9 Å². The molecule has 1 unspecified atom stereocenters. The molecule has 0 bridgehead atoms. The van der Waals surface area contributed by atoms with Crippen molar-refractivity contribution >= 4 is 38.2 Å². The van der Waals surface area contributed by atoms with Crippen LogP contribution in [-0.4, -0.2) is 31.2 Å². The third-order valence-corrected chi connectivity index (χ3v) is 6.43. The first-order valence-corrected chi connectivity index (χ1v) is 10.3. The average Bonchev–Trinajstić information content (AvgIpc) is 2.95. The predicted molar refractivity (Wildman–Crippen MR) is 104 cm³/mol. The van der Waals surface area contributed by atoms with Crippen molar-refractivity contribution in [3.8, 4) is 11.5 Å². The molecule has 2 aromatic rings. The Morgan fingerprint density at radius 2 is 2.23 bits per heavy atom. The Bertz CT molecular complexity index is 883. The van der Waals surface area contributed by atoms with Gasteiger partial charge in [0.05, 0.1) is 30.6 Å². The van der Waals surface area contributed by atoms with Gasteiger partial charge in [0.15, 0.2) is 11.5 Å². The molecule has 2 aliphatic rings. The lowest BCUT2D eigenvalue weighted by molar-refractivity contribution is -0.895. The third kappa shape index (κ3) is 2.95. The maximum absolute atomic E-state index is 12.8. The van der Waals surface area contributed by atoms with Crippen molar-refractivity contribution < 1.29 is 19.5 Å². The van der Waals surface area contributed by atoms with Gasteiger partial charge in [-0.05, 0) is 24.6 Å². The van der Waals surface area contributed by atoms with Crippen molar-refractivity contribution in [3.05, 3.63) is 38.2 Å². The monoisotopic (exact) mass is 438 g/mol. The number of rotatable bonds is 3. The van der Waals surface area contributed by atoms with Gasteiger partial charge >= 0.3 is 0 Å². The van der Waals surface area contributed by atoms with Crippen molar-refractivity contribution in [1.29, 1.82) is 0 Å². The van der Waals surface area contributed by atoms with Gasteiger partial charge in [0.1, 0.15) is 17.7 Å². The lowest BCUT2D eigenvalue weighted by Gasteiger charge is -2.28. The molecule has 3 heterocycles. The molecule has 138 valence electrons. The van der Waals surface area contributed by atoms with E-state index in [2.05, 4.69) is 33.6 Å². The smallest absolute Gasteiger partial charge is 0.256 e. The Morgan fingerprint density at radius 1 is 1.42 bits per heavy atom. The molecule has 0 radical (unpaired) electrons. The van der Waals surface area contributed by atoms with E-state index in [1.165, 1.54) is 15.3 Å². The van der Waals surface area contributed by atoms with E-state index >= 15 is 0 Å². The third-order valence-electron chi connectivity index (χ3n) is 4.81. The number of quaternary nitrogens is 1. The maximum Gasteiger partial charge on any atom is 0.256 e. The minimum atomic E-state index is -0.503. The van der Waals surface area contributed by atoms with Crippen LogP contribution in [0.2, 0.25) is 0 Å². The summed E-state index contributed by atoms with van der Waals surface area (Å²) in [7, 11) is 2.17. The summed E-state index contributed by atoms with van der Waals surface area (Å²) in [6, 6.07) is 3.52. The number of halogens is 1. The first kappa shape index (κ1) is 17.6. The highest BCUT2D eigenvalue weighted by Crippen LogP contribution is 2.42. The van der Waals surface area contributed by atoms with Crippen molar-refractivity contribution in [2.24, 2.45) is 0 Å². The molecule has 2 aliphatic heterocycles. The molecule has 8 heteroatoms. The number of carbonyl (C=O) groups is 1. The van der Waals surface area contributed by atoms with Gasteiger partial charge in [-0.3, -0.25) is 4.79 Å². The Balaban J connectivity index is 1.71. The summed E-state index contributed by atoms with van der Waals surface area (Å²) in [6.45, 7) is 4.30. The molecule has 4 rings (SSSR count). The largest absolute Gasteiger partial charge is 0.504 e. The molecule has 0 saturated carbocycles. The standard InChI is InChI=1S/C18H20BrN3O3S/c1-3-25-12-7-9(19)6-11(15(12)23)16-20-17(24)14-10-4-5-22(2)8-13(10)26-18(14)21-16/h6-7,16,21,23H,3-5,8H2,1-2H3,(H,20,24)/p+1/t16-/m0/s1. The maximum atomic E-state index is 12.8. The van der Waals surface area contributed by atoms with Crippen molar-refractivity contribution in [2.45, 2.75) is 26.1 Å². The zero-order valence-electron chi connectivity index (χ0n) is 14.6. The number of amides is 1. The summed E-state index contributed by atoms with van der Waals surface area (Å²) < 4.78 is 6.29. The minimum absolute atomic E-state index is 0.0433. The van der Waals surface area contributed by atoms with Crippen molar-refractivity contribution in [1.82, 2.24) is 5.32 Å². The molecule has 1 aromatic heterocycles. The Morgan fingerprint density at radius 3 is 3.00 bits per heavy atom. The van der Waals surface area contributed by atoms with E-state index in [4.69, 9.17) is 4.74 Å². The summed E-state index contributed by atoms with van der Waals surface area (Å²) >= 11 is 5.10. The number of phenolic OH excluding ortho intramolecular Hbond substituents is 1. The van der Waals surface area contributed by atoms with Crippen LogP contribution in [0.5, 0.6) is 11.5 Å². The summed E-state index contributed by atoms with van der Waals surface area (Å²) in [5.41, 5.74) is 2.52. The molecule has 0 fully saturated rings. The van der Waals surface area contributed by atoms with Crippen LogP contribution in [-0.2, 0) is 13.0 Å². The Kier molecular flexibility index (Phi) is 4.58. The van der Waals surface area contributed by atoms with Crippen LogP contribution in [0.4, 0.5) is 5.00 Å². The number of hydrogen-bond acceptors (Lipinski definition) is 5. The zero-order chi connectivity index (χ0) is 18.4. The van der Waals surface area contributed by atoms with Gasteiger partial charge in [0.2, 0.25) is 0 Å². The summed E-state index contributed by atoms with van der Waals surface area (Å²) in [5.74, 6) is 0.356. The molecule has 0 spiro atoms. The first-order valence-electron chi connectivity index (χ1n) is 8.66.